The van der Waals surface area contributed by atoms with Gasteiger partial charge in [-0.1, -0.05) is 12.1 Å². The number of hydrogen-bond acceptors (Lipinski definition) is 4. The highest BCUT2D eigenvalue weighted by Crippen LogP contribution is 2.03. The van der Waals surface area contributed by atoms with E-state index in [-0.39, 0.29) is 11.6 Å². The van der Waals surface area contributed by atoms with Crippen molar-refractivity contribution < 1.29 is 9.18 Å². The molecule has 7 heteroatoms. The van der Waals surface area contributed by atoms with Gasteiger partial charge in [-0.05, 0) is 29.3 Å². The Labute approximate surface area is 96.2 Å². The summed E-state index contributed by atoms with van der Waals surface area (Å²) in [6.45, 7) is 0.386. The lowest BCUT2D eigenvalue weighted by atomic mass is 10.1. The number of amides is 1. The van der Waals surface area contributed by atoms with Crippen molar-refractivity contribution in [1.29, 1.82) is 0 Å². The molecule has 2 aromatic rings. The zero-order valence-electron chi connectivity index (χ0n) is 8.85. The Kier molecular flexibility index (Phi) is 3.39. The minimum Gasteiger partial charge on any atom is -0.349 e. The van der Waals surface area contributed by atoms with Crippen LogP contribution in [-0.4, -0.2) is 33.1 Å². The van der Waals surface area contributed by atoms with E-state index in [0.717, 1.165) is 5.56 Å². The Hall–Kier alpha value is -2.31. The normalized spacial score (nSPS) is 10.2. The summed E-state index contributed by atoms with van der Waals surface area (Å²) in [6.07, 6.45) is 0.543. The number of H-pyrrole nitrogens is 1. The van der Waals surface area contributed by atoms with Crippen molar-refractivity contribution in [3.63, 3.8) is 0 Å². The molecule has 2 rings (SSSR count). The zero-order chi connectivity index (χ0) is 12.1. The third-order valence-corrected chi connectivity index (χ3v) is 2.14. The minimum absolute atomic E-state index is 0.00996. The summed E-state index contributed by atoms with van der Waals surface area (Å²) in [5.41, 5.74) is 0.818. The van der Waals surface area contributed by atoms with Crippen molar-refractivity contribution in [1.82, 2.24) is 25.9 Å². The first kappa shape index (κ1) is 11.2. The molecule has 1 aromatic heterocycles. The first-order chi connectivity index (χ1) is 8.25. The Bertz CT molecular complexity index is 499. The fourth-order valence-electron chi connectivity index (χ4n) is 1.35. The summed E-state index contributed by atoms with van der Waals surface area (Å²) in [6, 6.07) is 6.23. The molecule has 17 heavy (non-hydrogen) atoms. The van der Waals surface area contributed by atoms with Crippen LogP contribution < -0.4 is 5.32 Å². The van der Waals surface area contributed by atoms with Crippen LogP contribution >= 0.6 is 0 Å². The molecule has 0 saturated carbocycles. The molecule has 0 aliphatic rings. The smallest absolute Gasteiger partial charge is 0.292 e. The summed E-state index contributed by atoms with van der Waals surface area (Å²) < 4.78 is 12.9. The first-order valence-electron chi connectivity index (χ1n) is 5.02. The summed E-state index contributed by atoms with van der Waals surface area (Å²) in [5, 5.41) is 15.1. The van der Waals surface area contributed by atoms with Crippen molar-refractivity contribution in [3.05, 3.63) is 41.5 Å². The molecule has 6 nitrogen and oxygen atoms in total. The van der Waals surface area contributed by atoms with Crippen molar-refractivity contribution >= 4 is 5.91 Å². The standard InChI is InChI=1S/C10H10FN5O/c11-8-3-1-2-7(6-8)4-5-12-10(17)9-13-15-16-14-9/h1-3,6H,4-5H2,(H,12,17)(H,13,14,15,16). The number of aromatic amines is 1. The molecule has 0 fully saturated rings. The van der Waals surface area contributed by atoms with Gasteiger partial charge in [0.05, 0.1) is 0 Å². The summed E-state index contributed by atoms with van der Waals surface area (Å²) in [4.78, 5) is 11.4. The number of tetrazole rings is 1. The van der Waals surface area contributed by atoms with E-state index in [2.05, 4.69) is 25.9 Å². The number of carbonyl (C=O) groups is 1. The van der Waals surface area contributed by atoms with Crippen LogP contribution in [0.25, 0.3) is 0 Å². The maximum atomic E-state index is 12.9. The monoisotopic (exact) mass is 235 g/mol. The van der Waals surface area contributed by atoms with Gasteiger partial charge < -0.3 is 5.32 Å². The topological polar surface area (TPSA) is 83.6 Å². The summed E-state index contributed by atoms with van der Waals surface area (Å²) >= 11 is 0. The van der Waals surface area contributed by atoms with E-state index in [9.17, 15) is 9.18 Å². The Morgan fingerprint density at radius 1 is 1.47 bits per heavy atom. The van der Waals surface area contributed by atoms with Crippen LogP contribution in [0.3, 0.4) is 0 Å². The Morgan fingerprint density at radius 3 is 3.06 bits per heavy atom. The van der Waals surface area contributed by atoms with E-state index < -0.39 is 5.91 Å². The SMILES string of the molecule is O=C(NCCc1cccc(F)c1)c1nn[nH]n1. The molecule has 0 bridgehead atoms. The van der Waals surface area contributed by atoms with E-state index in [0.29, 0.717) is 13.0 Å². The van der Waals surface area contributed by atoms with Crippen LogP contribution in [0.2, 0.25) is 0 Å². The average molecular weight is 235 g/mol. The van der Waals surface area contributed by atoms with Gasteiger partial charge in [-0.15, -0.1) is 10.2 Å². The number of aromatic nitrogens is 4. The fraction of sp³-hybridized carbons (Fsp3) is 0.200. The summed E-state index contributed by atoms with van der Waals surface area (Å²) in [7, 11) is 0. The quantitative estimate of drug-likeness (QED) is 0.799. The highest BCUT2D eigenvalue weighted by molar-refractivity contribution is 5.89. The van der Waals surface area contributed by atoms with E-state index in [1.807, 2.05) is 0 Å². The second-order valence-corrected chi connectivity index (χ2v) is 3.37. The largest absolute Gasteiger partial charge is 0.349 e. The first-order valence-corrected chi connectivity index (χ1v) is 5.02. The van der Waals surface area contributed by atoms with Crippen molar-refractivity contribution in [2.45, 2.75) is 6.42 Å². The van der Waals surface area contributed by atoms with E-state index in [4.69, 9.17) is 0 Å². The third kappa shape index (κ3) is 3.07. The second-order valence-electron chi connectivity index (χ2n) is 3.37. The number of rotatable bonds is 4. The fourth-order valence-corrected chi connectivity index (χ4v) is 1.35. The lowest BCUT2D eigenvalue weighted by molar-refractivity contribution is 0.0944. The van der Waals surface area contributed by atoms with E-state index >= 15 is 0 Å². The molecule has 0 saturated heterocycles. The predicted octanol–water partition coefficient (Wildman–Crippen LogP) is 0.311. The van der Waals surface area contributed by atoms with Crippen LogP contribution in [0, 0.1) is 5.82 Å². The molecule has 0 unspecified atom stereocenters. The molecule has 1 heterocycles. The number of hydrogen-bond donors (Lipinski definition) is 2. The van der Waals surface area contributed by atoms with E-state index in [1.54, 1.807) is 12.1 Å². The number of nitrogens with zero attached hydrogens (tertiary/aromatic N) is 3. The lowest BCUT2D eigenvalue weighted by Gasteiger charge is -2.02. The highest BCUT2D eigenvalue weighted by atomic mass is 19.1. The average Bonchev–Trinajstić information content (AvgIpc) is 2.82. The van der Waals surface area contributed by atoms with Gasteiger partial charge in [-0.3, -0.25) is 4.79 Å². The van der Waals surface area contributed by atoms with Crippen molar-refractivity contribution in [2.75, 3.05) is 6.54 Å². The van der Waals surface area contributed by atoms with Crippen LogP contribution in [-0.2, 0) is 6.42 Å². The maximum Gasteiger partial charge on any atom is 0.292 e. The Morgan fingerprint density at radius 2 is 2.35 bits per heavy atom. The molecule has 0 aliphatic heterocycles. The molecular formula is C10H10FN5O. The molecule has 88 valence electrons. The number of benzene rings is 1. The number of halogens is 1. The highest BCUT2D eigenvalue weighted by Gasteiger charge is 2.09. The molecule has 2 N–H and O–H groups in total. The number of nitrogens with one attached hydrogen (secondary N) is 2. The second kappa shape index (κ2) is 5.15. The zero-order valence-corrected chi connectivity index (χ0v) is 8.85. The molecule has 0 radical (unpaired) electrons. The molecule has 1 amide bonds. The third-order valence-electron chi connectivity index (χ3n) is 2.14. The van der Waals surface area contributed by atoms with Crippen molar-refractivity contribution in [2.24, 2.45) is 0 Å². The summed E-state index contributed by atoms with van der Waals surface area (Å²) in [5.74, 6) is -0.702. The maximum absolute atomic E-state index is 12.9. The van der Waals surface area contributed by atoms with Crippen molar-refractivity contribution in [3.8, 4) is 0 Å². The minimum atomic E-state index is -0.407. The van der Waals surface area contributed by atoms with Gasteiger partial charge in [-0.2, -0.15) is 5.21 Å². The molecule has 0 spiro atoms. The van der Waals surface area contributed by atoms with Gasteiger partial charge in [0.2, 0.25) is 0 Å². The van der Waals surface area contributed by atoms with Crippen LogP contribution in [0.15, 0.2) is 24.3 Å². The van der Waals surface area contributed by atoms with Gasteiger partial charge >= 0.3 is 0 Å². The van der Waals surface area contributed by atoms with Gasteiger partial charge in [0.1, 0.15) is 5.82 Å². The predicted molar refractivity (Wildman–Crippen MR) is 56.6 cm³/mol. The molecule has 1 aromatic carbocycles. The van der Waals surface area contributed by atoms with Gasteiger partial charge in [0.15, 0.2) is 0 Å². The van der Waals surface area contributed by atoms with Gasteiger partial charge in [0, 0.05) is 6.54 Å². The molecule has 0 aliphatic carbocycles. The number of carbonyl (C=O) groups excluding carboxylic acids is 1. The Balaban J connectivity index is 1.82. The molecule has 0 atom stereocenters. The van der Waals surface area contributed by atoms with Gasteiger partial charge in [-0.25, -0.2) is 4.39 Å². The van der Waals surface area contributed by atoms with Gasteiger partial charge in [0.25, 0.3) is 11.7 Å². The lowest BCUT2D eigenvalue weighted by Crippen LogP contribution is -2.26. The van der Waals surface area contributed by atoms with Crippen LogP contribution in [0.5, 0.6) is 0 Å². The van der Waals surface area contributed by atoms with Crippen LogP contribution in [0.1, 0.15) is 16.2 Å². The van der Waals surface area contributed by atoms with E-state index in [1.165, 1.54) is 12.1 Å². The van der Waals surface area contributed by atoms with Crippen LogP contribution in [0.4, 0.5) is 4.39 Å². The molecular weight excluding hydrogens is 225 g/mol.